The smallest absolute Gasteiger partial charge is 0.406 e. The lowest BCUT2D eigenvalue weighted by atomic mass is 9.92. The summed E-state index contributed by atoms with van der Waals surface area (Å²) in [4.78, 5) is 18.8. The molecule has 11 heteroatoms. The molecule has 4 rings (SSSR count). The number of hydrogen-bond donors (Lipinski definition) is 0. The van der Waals surface area contributed by atoms with Crippen molar-refractivity contribution < 1.29 is 14.1 Å². The van der Waals surface area contributed by atoms with E-state index in [0.717, 1.165) is 11.1 Å². The Morgan fingerprint density at radius 3 is 2.77 bits per heavy atom. The normalized spacial score (nSPS) is 11.6. The zero-order valence-electron chi connectivity index (χ0n) is 18.6. The highest BCUT2D eigenvalue weighted by Crippen LogP contribution is 2.36. The van der Waals surface area contributed by atoms with E-state index in [-0.39, 0.29) is 5.75 Å². The molecule has 4 aromatic rings. The first kappa shape index (κ1) is 24.0. The van der Waals surface area contributed by atoms with Gasteiger partial charge in [0.15, 0.2) is 6.20 Å². The third-order valence-electron chi connectivity index (χ3n) is 5.34. The molecule has 0 fully saturated rings. The summed E-state index contributed by atoms with van der Waals surface area (Å²) >= 11 is 3.25. The Hall–Kier alpha value is -4.17. The molecule has 1 atom stereocenters. The Bertz CT molecular complexity index is 1470. The SMILES string of the molecule is CC(Oc1cc(Br)cnc1[N+](=O)[O-])c1cc(F)ccc1-c1ccncc1Cc1cc(C#N)n(C)n1. The van der Waals surface area contributed by atoms with Crippen LogP contribution in [0.4, 0.5) is 10.2 Å². The number of aromatic nitrogens is 4. The Balaban J connectivity index is 1.74. The van der Waals surface area contributed by atoms with Gasteiger partial charge in [-0.2, -0.15) is 10.4 Å². The predicted molar refractivity (Wildman–Crippen MR) is 128 cm³/mol. The minimum atomic E-state index is -0.753. The van der Waals surface area contributed by atoms with E-state index in [2.05, 4.69) is 37.1 Å². The van der Waals surface area contributed by atoms with E-state index >= 15 is 0 Å². The molecule has 0 bridgehead atoms. The highest BCUT2D eigenvalue weighted by atomic mass is 79.9. The van der Waals surface area contributed by atoms with Crippen molar-refractivity contribution in [3.05, 3.63) is 97.9 Å². The van der Waals surface area contributed by atoms with Gasteiger partial charge in [0.2, 0.25) is 5.75 Å². The van der Waals surface area contributed by atoms with Gasteiger partial charge in [-0.25, -0.2) is 4.39 Å². The fourth-order valence-electron chi connectivity index (χ4n) is 3.75. The molecule has 0 aliphatic rings. The minimum Gasteiger partial charge on any atom is -0.478 e. The number of hydrogen-bond acceptors (Lipinski definition) is 7. The molecule has 0 saturated heterocycles. The molecule has 0 radical (unpaired) electrons. The van der Waals surface area contributed by atoms with Crippen LogP contribution >= 0.6 is 15.9 Å². The summed E-state index contributed by atoms with van der Waals surface area (Å²) < 4.78 is 22.3. The van der Waals surface area contributed by atoms with Crippen molar-refractivity contribution in [1.29, 1.82) is 5.26 Å². The molecular formula is C24H18BrFN6O3. The maximum Gasteiger partial charge on any atom is 0.406 e. The molecule has 0 amide bonds. The lowest BCUT2D eigenvalue weighted by molar-refractivity contribution is -0.390. The third kappa shape index (κ3) is 5.17. The van der Waals surface area contributed by atoms with E-state index in [1.54, 1.807) is 44.6 Å². The summed E-state index contributed by atoms with van der Waals surface area (Å²) in [5.41, 5.74) is 3.87. The first-order valence-electron chi connectivity index (χ1n) is 10.4. The van der Waals surface area contributed by atoms with Crippen molar-refractivity contribution in [1.82, 2.24) is 19.7 Å². The van der Waals surface area contributed by atoms with Crippen molar-refractivity contribution in [2.24, 2.45) is 7.05 Å². The lowest BCUT2D eigenvalue weighted by Gasteiger charge is -2.20. The first-order chi connectivity index (χ1) is 16.8. The van der Waals surface area contributed by atoms with Crippen LogP contribution in [0, 0.1) is 27.3 Å². The van der Waals surface area contributed by atoms with Crippen LogP contribution in [-0.2, 0) is 13.5 Å². The maximum atomic E-state index is 14.3. The number of pyridine rings is 2. The van der Waals surface area contributed by atoms with Crippen LogP contribution in [-0.4, -0.2) is 24.7 Å². The molecule has 0 aliphatic carbocycles. The minimum absolute atomic E-state index is 0.0421. The number of ether oxygens (including phenoxy) is 1. The molecule has 0 N–H and O–H groups in total. The summed E-state index contributed by atoms with van der Waals surface area (Å²) in [5.74, 6) is -0.953. The van der Waals surface area contributed by atoms with E-state index < -0.39 is 22.7 Å². The van der Waals surface area contributed by atoms with Crippen molar-refractivity contribution >= 4 is 21.7 Å². The van der Waals surface area contributed by atoms with Crippen LogP contribution in [0.25, 0.3) is 11.1 Å². The number of aryl methyl sites for hydroxylation is 1. The average molecular weight is 537 g/mol. The van der Waals surface area contributed by atoms with E-state index in [1.807, 2.05) is 0 Å². The van der Waals surface area contributed by atoms with E-state index in [9.17, 15) is 19.8 Å². The summed E-state index contributed by atoms with van der Waals surface area (Å²) in [6.07, 6.45) is 4.27. The molecule has 176 valence electrons. The Labute approximate surface area is 208 Å². The van der Waals surface area contributed by atoms with Crippen molar-refractivity contribution in [2.75, 3.05) is 0 Å². The number of nitro groups is 1. The number of benzene rings is 1. The lowest BCUT2D eigenvalue weighted by Crippen LogP contribution is -2.08. The molecule has 0 aliphatic heterocycles. The van der Waals surface area contributed by atoms with Gasteiger partial charge < -0.3 is 14.9 Å². The van der Waals surface area contributed by atoms with Gasteiger partial charge in [-0.1, -0.05) is 6.07 Å². The van der Waals surface area contributed by atoms with Crippen LogP contribution in [0.1, 0.15) is 35.5 Å². The van der Waals surface area contributed by atoms with Gasteiger partial charge in [-0.3, -0.25) is 9.67 Å². The number of rotatable bonds is 7. The van der Waals surface area contributed by atoms with Gasteiger partial charge in [0, 0.05) is 37.5 Å². The zero-order valence-corrected chi connectivity index (χ0v) is 20.2. The standard InChI is InChI=1S/C24H18BrFN6O3/c1-14(35-23-8-16(25)13-29-24(23)32(33)34)22-9-17(26)3-4-21(22)20-5-6-28-12-15(20)7-18-10-19(11-27)31(2)30-18/h3-6,8-10,12-14H,7H2,1-2H3. The summed E-state index contributed by atoms with van der Waals surface area (Å²) in [6, 6.07) is 11.4. The average Bonchev–Trinajstić information content (AvgIpc) is 3.18. The number of halogens is 2. The summed E-state index contributed by atoms with van der Waals surface area (Å²) in [5, 5.41) is 25.0. The second-order valence-electron chi connectivity index (χ2n) is 7.69. The monoisotopic (exact) mass is 536 g/mol. The van der Waals surface area contributed by atoms with Gasteiger partial charge in [0.1, 0.15) is 23.7 Å². The quantitative estimate of drug-likeness (QED) is 0.232. The van der Waals surface area contributed by atoms with Crippen LogP contribution in [0.15, 0.2) is 59.5 Å². The van der Waals surface area contributed by atoms with Crippen molar-refractivity contribution in [2.45, 2.75) is 19.4 Å². The molecule has 1 unspecified atom stereocenters. The number of nitrogens with zero attached hydrogens (tertiary/aromatic N) is 6. The topological polar surface area (TPSA) is 120 Å². The van der Waals surface area contributed by atoms with Gasteiger partial charge in [0.05, 0.1) is 10.2 Å². The molecule has 0 spiro atoms. The molecule has 1 aromatic carbocycles. The van der Waals surface area contributed by atoms with Gasteiger partial charge in [-0.15, -0.1) is 0 Å². The van der Waals surface area contributed by atoms with Gasteiger partial charge in [0.25, 0.3) is 0 Å². The van der Waals surface area contributed by atoms with E-state index in [4.69, 9.17) is 4.74 Å². The van der Waals surface area contributed by atoms with E-state index in [0.29, 0.717) is 33.4 Å². The zero-order chi connectivity index (χ0) is 25.1. The fourth-order valence-corrected chi connectivity index (χ4v) is 4.06. The molecule has 35 heavy (non-hydrogen) atoms. The third-order valence-corrected chi connectivity index (χ3v) is 5.77. The molecular weight excluding hydrogens is 519 g/mol. The fraction of sp³-hybridized carbons (Fsp3) is 0.167. The maximum absolute atomic E-state index is 14.3. The van der Waals surface area contributed by atoms with Gasteiger partial charge >= 0.3 is 5.82 Å². The van der Waals surface area contributed by atoms with Crippen LogP contribution < -0.4 is 4.74 Å². The highest BCUT2D eigenvalue weighted by molar-refractivity contribution is 9.10. The Kier molecular flexibility index (Phi) is 6.84. The predicted octanol–water partition coefficient (Wildman–Crippen LogP) is 5.29. The Morgan fingerprint density at radius 2 is 2.06 bits per heavy atom. The largest absolute Gasteiger partial charge is 0.478 e. The molecule has 0 saturated carbocycles. The molecule has 3 heterocycles. The van der Waals surface area contributed by atoms with E-state index in [1.165, 1.54) is 29.1 Å². The van der Waals surface area contributed by atoms with Crippen LogP contribution in [0.2, 0.25) is 0 Å². The molecule has 3 aromatic heterocycles. The highest BCUT2D eigenvalue weighted by Gasteiger charge is 2.23. The first-order valence-corrected chi connectivity index (χ1v) is 11.2. The number of nitriles is 1. The second kappa shape index (κ2) is 9.99. The summed E-state index contributed by atoms with van der Waals surface area (Å²) in [6.45, 7) is 1.68. The van der Waals surface area contributed by atoms with Crippen molar-refractivity contribution in [3.63, 3.8) is 0 Å². The van der Waals surface area contributed by atoms with Crippen LogP contribution in [0.3, 0.4) is 0 Å². The Morgan fingerprint density at radius 1 is 1.26 bits per heavy atom. The van der Waals surface area contributed by atoms with Gasteiger partial charge in [-0.05, 0) is 73.7 Å². The molecule has 9 nitrogen and oxygen atoms in total. The second-order valence-corrected chi connectivity index (χ2v) is 8.61. The summed E-state index contributed by atoms with van der Waals surface area (Å²) in [7, 11) is 1.69. The van der Waals surface area contributed by atoms with Crippen LogP contribution in [0.5, 0.6) is 5.75 Å². The van der Waals surface area contributed by atoms with Crippen molar-refractivity contribution in [3.8, 4) is 22.9 Å².